The molecule has 1 aromatic carbocycles. The lowest BCUT2D eigenvalue weighted by atomic mass is 10.2. The zero-order valence-corrected chi connectivity index (χ0v) is 9.14. The summed E-state index contributed by atoms with van der Waals surface area (Å²) in [4.78, 5) is 33.6. The van der Waals surface area contributed by atoms with Crippen molar-refractivity contribution in [2.75, 3.05) is 5.01 Å². The average Bonchev–Trinajstić information content (AvgIpc) is 2.58. The van der Waals surface area contributed by atoms with E-state index >= 15 is 0 Å². The fourth-order valence-electron chi connectivity index (χ4n) is 1.43. The number of hydrazine groups is 1. The predicted molar refractivity (Wildman–Crippen MR) is 58.5 cm³/mol. The van der Waals surface area contributed by atoms with E-state index in [1.165, 1.54) is 24.3 Å². The Morgan fingerprint density at radius 1 is 1.29 bits per heavy atom. The number of nitrogens with zero attached hydrogens (tertiary/aromatic N) is 1. The third kappa shape index (κ3) is 2.00. The minimum atomic E-state index is -1.53. The number of carboxylic acid groups (broad SMARTS) is 1. The molecule has 1 atom stereocenters. The second-order valence-corrected chi connectivity index (χ2v) is 3.82. The van der Waals surface area contributed by atoms with E-state index in [0.29, 0.717) is 10.7 Å². The first kappa shape index (κ1) is 11.6. The Labute approximate surface area is 101 Å². The number of anilines is 1. The van der Waals surface area contributed by atoms with Crippen LogP contribution in [0.1, 0.15) is 0 Å². The summed E-state index contributed by atoms with van der Waals surface area (Å²) >= 11 is 5.68. The molecule has 2 N–H and O–H groups in total. The van der Waals surface area contributed by atoms with Gasteiger partial charge in [-0.1, -0.05) is 11.6 Å². The second kappa shape index (κ2) is 4.15. The topological polar surface area (TPSA) is 86.7 Å². The highest BCUT2D eigenvalue weighted by Gasteiger charge is 2.43. The number of carbonyl (C=O) groups is 3. The molecule has 1 fully saturated rings. The van der Waals surface area contributed by atoms with Crippen LogP contribution in [0.5, 0.6) is 0 Å². The Kier molecular flexibility index (Phi) is 2.83. The van der Waals surface area contributed by atoms with Crippen LogP contribution in [0.25, 0.3) is 0 Å². The van der Waals surface area contributed by atoms with Crippen molar-refractivity contribution in [1.82, 2.24) is 5.43 Å². The maximum absolute atomic E-state index is 11.5. The van der Waals surface area contributed by atoms with Crippen molar-refractivity contribution in [3.63, 3.8) is 0 Å². The largest absolute Gasteiger partial charge is 0.480 e. The van der Waals surface area contributed by atoms with Crippen LogP contribution in [-0.4, -0.2) is 28.8 Å². The van der Waals surface area contributed by atoms with Crippen LogP contribution in [-0.2, 0) is 14.4 Å². The van der Waals surface area contributed by atoms with E-state index < -0.39 is 23.7 Å². The molecular formula is C10H7ClN2O4. The molecule has 1 heterocycles. The van der Waals surface area contributed by atoms with Gasteiger partial charge in [0.25, 0.3) is 5.78 Å². The van der Waals surface area contributed by atoms with Gasteiger partial charge in [-0.2, -0.15) is 0 Å². The van der Waals surface area contributed by atoms with E-state index in [4.69, 9.17) is 16.7 Å². The number of carboxylic acids is 1. The third-order valence-electron chi connectivity index (χ3n) is 2.27. The number of aliphatic carboxylic acids is 1. The Hall–Kier alpha value is -1.92. The molecule has 0 saturated carbocycles. The van der Waals surface area contributed by atoms with Gasteiger partial charge >= 0.3 is 11.9 Å². The number of amides is 1. The Bertz CT molecular complexity index is 500. The normalized spacial score (nSPS) is 19.8. The van der Waals surface area contributed by atoms with Crippen LogP contribution in [0.2, 0.25) is 5.02 Å². The summed E-state index contributed by atoms with van der Waals surface area (Å²) in [7, 11) is 0. The van der Waals surface area contributed by atoms with Gasteiger partial charge in [0.05, 0.1) is 5.69 Å². The van der Waals surface area contributed by atoms with Gasteiger partial charge in [-0.3, -0.25) is 9.59 Å². The molecule has 88 valence electrons. The van der Waals surface area contributed by atoms with Crippen LogP contribution < -0.4 is 10.4 Å². The number of halogens is 1. The molecule has 17 heavy (non-hydrogen) atoms. The molecule has 1 aliphatic rings. The summed E-state index contributed by atoms with van der Waals surface area (Å²) in [5.41, 5.74) is 2.68. The fourth-order valence-corrected chi connectivity index (χ4v) is 1.56. The molecule has 0 radical (unpaired) electrons. The zero-order chi connectivity index (χ0) is 12.6. The van der Waals surface area contributed by atoms with Crippen LogP contribution >= 0.6 is 11.6 Å². The number of hydrogen-bond donors (Lipinski definition) is 2. The molecule has 1 amide bonds. The van der Waals surface area contributed by atoms with E-state index in [9.17, 15) is 14.4 Å². The number of carbonyl (C=O) groups excluding carboxylic acids is 2. The van der Waals surface area contributed by atoms with Gasteiger partial charge in [0.15, 0.2) is 6.04 Å². The predicted octanol–water partition coefficient (Wildman–Crippen LogP) is 0.213. The van der Waals surface area contributed by atoms with Crippen LogP contribution in [0, 0.1) is 0 Å². The summed E-state index contributed by atoms with van der Waals surface area (Å²) in [6, 6.07) is 4.54. The van der Waals surface area contributed by atoms with E-state index in [2.05, 4.69) is 5.43 Å². The third-order valence-corrected chi connectivity index (χ3v) is 2.52. The minimum Gasteiger partial charge on any atom is -0.480 e. The summed E-state index contributed by atoms with van der Waals surface area (Å²) in [5, 5.41) is 10.1. The van der Waals surface area contributed by atoms with E-state index in [1.54, 1.807) is 0 Å². The molecule has 6 nitrogen and oxygen atoms in total. The number of nitrogens with one attached hydrogen (secondary N) is 1. The zero-order valence-electron chi connectivity index (χ0n) is 8.38. The van der Waals surface area contributed by atoms with Gasteiger partial charge in [-0.25, -0.2) is 15.2 Å². The smallest absolute Gasteiger partial charge is 0.330 e. The Morgan fingerprint density at radius 3 is 2.35 bits per heavy atom. The van der Waals surface area contributed by atoms with Crippen molar-refractivity contribution in [2.45, 2.75) is 6.04 Å². The van der Waals surface area contributed by atoms with Crippen LogP contribution in [0.4, 0.5) is 5.69 Å². The molecule has 0 aromatic heterocycles. The molecular weight excluding hydrogens is 248 g/mol. The summed E-state index contributed by atoms with van der Waals surface area (Å²) < 4.78 is 0. The van der Waals surface area contributed by atoms with Crippen molar-refractivity contribution >= 4 is 34.9 Å². The highest BCUT2D eigenvalue weighted by atomic mass is 35.5. The fraction of sp³-hybridized carbons (Fsp3) is 0.100. The summed E-state index contributed by atoms with van der Waals surface area (Å²) in [6.45, 7) is 0. The van der Waals surface area contributed by atoms with Crippen molar-refractivity contribution in [3.05, 3.63) is 29.3 Å². The number of rotatable bonds is 2. The maximum atomic E-state index is 11.5. The molecule has 1 aromatic rings. The maximum Gasteiger partial charge on any atom is 0.330 e. The molecule has 1 saturated heterocycles. The molecule has 0 aliphatic carbocycles. The quantitative estimate of drug-likeness (QED) is 0.582. The van der Waals surface area contributed by atoms with E-state index in [1.807, 2.05) is 0 Å². The van der Waals surface area contributed by atoms with Crippen molar-refractivity contribution in [1.29, 1.82) is 0 Å². The molecule has 0 spiro atoms. The summed E-state index contributed by atoms with van der Waals surface area (Å²) in [6.07, 6.45) is 0. The first-order valence-corrected chi connectivity index (χ1v) is 5.01. The lowest BCUT2D eigenvalue weighted by Crippen LogP contribution is -2.41. The van der Waals surface area contributed by atoms with Gasteiger partial charge in [-0.05, 0) is 24.3 Å². The monoisotopic (exact) mass is 254 g/mol. The first-order valence-electron chi connectivity index (χ1n) is 4.63. The van der Waals surface area contributed by atoms with Gasteiger partial charge in [-0.15, -0.1) is 0 Å². The number of hydrogen-bond acceptors (Lipinski definition) is 4. The SMILES string of the molecule is O=C(O)C1NN(c2ccc(Cl)cc2)C(=O)C1=O. The van der Waals surface area contributed by atoms with Gasteiger partial charge in [0.1, 0.15) is 0 Å². The lowest BCUT2D eigenvalue weighted by Gasteiger charge is -2.15. The summed E-state index contributed by atoms with van der Waals surface area (Å²) in [5.74, 6) is -3.29. The molecule has 1 aliphatic heterocycles. The van der Waals surface area contributed by atoms with Crippen molar-refractivity contribution in [3.8, 4) is 0 Å². The standard InChI is InChI=1S/C10H7ClN2O4/c11-5-1-3-6(4-2-5)13-9(15)8(14)7(12-13)10(16)17/h1-4,7,12H,(H,16,17). The van der Waals surface area contributed by atoms with Crippen molar-refractivity contribution in [2.24, 2.45) is 0 Å². The van der Waals surface area contributed by atoms with E-state index in [0.717, 1.165) is 5.01 Å². The molecule has 7 heteroatoms. The number of benzene rings is 1. The van der Waals surface area contributed by atoms with Crippen LogP contribution in [0.3, 0.4) is 0 Å². The molecule has 0 bridgehead atoms. The van der Waals surface area contributed by atoms with Gasteiger partial charge in [0, 0.05) is 5.02 Å². The highest BCUT2D eigenvalue weighted by molar-refractivity contribution is 6.48. The lowest BCUT2D eigenvalue weighted by molar-refractivity contribution is -0.144. The second-order valence-electron chi connectivity index (χ2n) is 3.38. The van der Waals surface area contributed by atoms with Crippen LogP contribution in [0.15, 0.2) is 24.3 Å². The first-order chi connectivity index (χ1) is 8.00. The number of Topliss-reactive ketones (excluding diaryl/α,β-unsaturated/α-hetero) is 1. The molecule has 2 rings (SSSR count). The van der Waals surface area contributed by atoms with Gasteiger partial charge < -0.3 is 5.11 Å². The van der Waals surface area contributed by atoms with Crippen molar-refractivity contribution < 1.29 is 19.5 Å². The minimum absolute atomic E-state index is 0.358. The van der Waals surface area contributed by atoms with Gasteiger partial charge in [0.2, 0.25) is 0 Å². The Morgan fingerprint density at radius 2 is 1.88 bits per heavy atom. The highest BCUT2D eigenvalue weighted by Crippen LogP contribution is 2.20. The van der Waals surface area contributed by atoms with E-state index in [-0.39, 0.29) is 0 Å². The molecule has 1 unspecified atom stereocenters. The number of ketones is 1. The average molecular weight is 255 g/mol. The Balaban J connectivity index is 2.30.